The summed E-state index contributed by atoms with van der Waals surface area (Å²) in [5, 5.41) is 0. The fourth-order valence-corrected chi connectivity index (χ4v) is 3.14. The summed E-state index contributed by atoms with van der Waals surface area (Å²) in [5.74, 6) is 0.0798. The van der Waals surface area contributed by atoms with Crippen molar-refractivity contribution in [3.8, 4) is 11.1 Å². The summed E-state index contributed by atoms with van der Waals surface area (Å²) in [6.07, 6.45) is 0.453. The summed E-state index contributed by atoms with van der Waals surface area (Å²) < 4.78 is 5.32. The molecule has 3 nitrogen and oxygen atoms in total. The number of fused-ring (bicyclic) bond motifs is 3. The SMILES string of the molecule is NCCC(OC=O)C1c2ccccc2-c2ccccc21. The molecule has 20 heavy (non-hydrogen) atoms. The maximum absolute atomic E-state index is 10.8. The Kier molecular flexibility index (Phi) is 3.52. The van der Waals surface area contributed by atoms with Gasteiger partial charge in [0.2, 0.25) is 0 Å². The lowest BCUT2D eigenvalue weighted by Crippen LogP contribution is -2.24. The van der Waals surface area contributed by atoms with Gasteiger partial charge in [-0.1, -0.05) is 48.5 Å². The van der Waals surface area contributed by atoms with Crippen molar-refractivity contribution in [2.45, 2.75) is 18.4 Å². The summed E-state index contributed by atoms with van der Waals surface area (Å²) in [7, 11) is 0. The molecule has 1 unspecified atom stereocenters. The fourth-order valence-electron chi connectivity index (χ4n) is 3.14. The molecule has 0 spiro atoms. The van der Waals surface area contributed by atoms with Crippen molar-refractivity contribution in [3.63, 3.8) is 0 Å². The van der Waals surface area contributed by atoms with Gasteiger partial charge in [-0.2, -0.15) is 0 Å². The summed E-state index contributed by atoms with van der Waals surface area (Å²) >= 11 is 0. The molecule has 1 aliphatic rings. The fraction of sp³-hybridized carbons (Fsp3) is 0.235. The number of carbonyl (C=O) groups excluding carboxylic acids is 1. The second-order valence-corrected chi connectivity index (χ2v) is 5.00. The van der Waals surface area contributed by atoms with Crippen molar-refractivity contribution >= 4 is 6.47 Å². The van der Waals surface area contributed by atoms with Crippen LogP contribution in [0.4, 0.5) is 0 Å². The first-order valence-corrected chi connectivity index (χ1v) is 6.84. The molecule has 2 aromatic carbocycles. The van der Waals surface area contributed by atoms with E-state index in [-0.39, 0.29) is 12.0 Å². The average Bonchev–Trinajstić information content (AvgIpc) is 2.82. The van der Waals surface area contributed by atoms with Gasteiger partial charge in [0.05, 0.1) is 0 Å². The quantitative estimate of drug-likeness (QED) is 0.847. The third-order valence-corrected chi connectivity index (χ3v) is 3.94. The summed E-state index contributed by atoms with van der Waals surface area (Å²) in [4.78, 5) is 10.8. The Morgan fingerprint density at radius 1 is 1.05 bits per heavy atom. The third kappa shape index (κ3) is 2.00. The minimum atomic E-state index is -0.206. The Morgan fingerprint density at radius 3 is 2.10 bits per heavy atom. The Morgan fingerprint density at radius 2 is 1.60 bits per heavy atom. The minimum absolute atomic E-state index is 0.0798. The van der Waals surface area contributed by atoms with Gasteiger partial charge in [-0.25, -0.2) is 0 Å². The number of benzene rings is 2. The predicted octanol–water partition coefficient (Wildman–Crippen LogP) is 2.69. The highest BCUT2D eigenvalue weighted by molar-refractivity contribution is 5.79. The molecular weight excluding hydrogens is 250 g/mol. The molecule has 0 saturated heterocycles. The van der Waals surface area contributed by atoms with Crippen LogP contribution < -0.4 is 5.73 Å². The van der Waals surface area contributed by atoms with Crippen LogP contribution in [0.25, 0.3) is 11.1 Å². The highest BCUT2D eigenvalue weighted by atomic mass is 16.5. The van der Waals surface area contributed by atoms with Crippen LogP contribution in [0.2, 0.25) is 0 Å². The molecule has 0 bridgehead atoms. The second kappa shape index (κ2) is 5.47. The van der Waals surface area contributed by atoms with Crippen molar-refractivity contribution in [3.05, 3.63) is 59.7 Å². The molecule has 0 aliphatic heterocycles. The molecule has 3 heteroatoms. The minimum Gasteiger partial charge on any atom is -0.464 e. The van der Waals surface area contributed by atoms with E-state index >= 15 is 0 Å². The molecule has 1 atom stereocenters. The van der Waals surface area contributed by atoms with Crippen molar-refractivity contribution in [2.75, 3.05) is 6.54 Å². The number of hydrogen-bond acceptors (Lipinski definition) is 3. The first kappa shape index (κ1) is 12.9. The van der Waals surface area contributed by atoms with E-state index in [1.165, 1.54) is 22.3 Å². The van der Waals surface area contributed by atoms with E-state index in [2.05, 4.69) is 24.3 Å². The first-order chi connectivity index (χ1) is 9.86. The van der Waals surface area contributed by atoms with Gasteiger partial charge in [0.15, 0.2) is 0 Å². The molecule has 0 radical (unpaired) electrons. The van der Waals surface area contributed by atoms with Gasteiger partial charge in [0.25, 0.3) is 6.47 Å². The van der Waals surface area contributed by atoms with E-state index in [0.29, 0.717) is 19.4 Å². The molecule has 3 rings (SSSR count). The zero-order valence-electron chi connectivity index (χ0n) is 11.2. The van der Waals surface area contributed by atoms with Crippen LogP contribution in [0, 0.1) is 0 Å². The standard InChI is InChI=1S/C17H17NO2/c18-10-9-16(20-11-19)17-14-7-3-1-5-12(14)13-6-2-4-8-15(13)17/h1-8,11,16-17H,9-10,18H2. The van der Waals surface area contributed by atoms with Crippen LogP contribution in [-0.4, -0.2) is 19.1 Å². The van der Waals surface area contributed by atoms with Gasteiger partial charge >= 0.3 is 0 Å². The first-order valence-electron chi connectivity index (χ1n) is 6.84. The summed E-state index contributed by atoms with van der Waals surface area (Å²) in [6, 6.07) is 16.6. The zero-order chi connectivity index (χ0) is 13.9. The molecule has 0 amide bonds. The Labute approximate surface area is 118 Å². The third-order valence-electron chi connectivity index (χ3n) is 3.94. The van der Waals surface area contributed by atoms with Crippen LogP contribution >= 0.6 is 0 Å². The van der Waals surface area contributed by atoms with E-state index < -0.39 is 0 Å². The lowest BCUT2D eigenvalue weighted by atomic mass is 9.89. The molecule has 2 N–H and O–H groups in total. The van der Waals surface area contributed by atoms with E-state index in [4.69, 9.17) is 10.5 Å². The summed E-state index contributed by atoms with van der Waals surface area (Å²) in [5.41, 5.74) is 10.6. The van der Waals surface area contributed by atoms with Gasteiger partial charge in [0.1, 0.15) is 6.10 Å². The van der Waals surface area contributed by atoms with Gasteiger partial charge in [-0.3, -0.25) is 4.79 Å². The monoisotopic (exact) mass is 267 g/mol. The van der Waals surface area contributed by atoms with Crippen molar-refractivity contribution < 1.29 is 9.53 Å². The predicted molar refractivity (Wildman–Crippen MR) is 78.3 cm³/mol. The Bertz CT molecular complexity index is 578. The van der Waals surface area contributed by atoms with Crippen molar-refractivity contribution in [1.29, 1.82) is 0 Å². The normalized spacial score (nSPS) is 14.4. The van der Waals surface area contributed by atoms with Gasteiger partial charge in [-0.05, 0) is 35.2 Å². The van der Waals surface area contributed by atoms with Gasteiger partial charge in [0, 0.05) is 5.92 Å². The maximum Gasteiger partial charge on any atom is 0.293 e. The molecule has 0 aromatic heterocycles. The second-order valence-electron chi connectivity index (χ2n) is 5.00. The molecular formula is C17H17NO2. The van der Waals surface area contributed by atoms with Crippen molar-refractivity contribution in [1.82, 2.24) is 0 Å². The average molecular weight is 267 g/mol. The van der Waals surface area contributed by atoms with Gasteiger partial charge < -0.3 is 10.5 Å². The number of carbonyl (C=O) groups is 1. The molecule has 0 fully saturated rings. The topological polar surface area (TPSA) is 52.3 Å². The number of ether oxygens (including phenoxy) is 1. The zero-order valence-corrected chi connectivity index (χ0v) is 11.2. The van der Waals surface area contributed by atoms with Crippen LogP contribution in [0.15, 0.2) is 48.5 Å². The molecule has 102 valence electrons. The number of nitrogens with two attached hydrogens (primary N) is 1. The lowest BCUT2D eigenvalue weighted by Gasteiger charge is -2.23. The van der Waals surface area contributed by atoms with Crippen molar-refractivity contribution in [2.24, 2.45) is 5.73 Å². The highest BCUT2D eigenvalue weighted by Gasteiger charge is 2.34. The van der Waals surface area contributed by atoms with E-state index in [1.807, 2.05) is 24.3 Å². The van der Waals surface area contributed by atoms with Crippen LogP contribution in [-0.2, 0) is 9.53 Å². The smallest absolute Gasteiger partial charge is 0.293 e. The molecule has 0 saturated carbocycles. The Hall–Kier alpha value is -2.13. The lowest BCUT2D eigenvalue weighted by molar-refractivity contribution is -0.134. The van der Waals surface area contributed by atoms with E-state index in [9.17, 15) is 4.79 Å². The largest absolute Gasteiger partial charge is 0.464 e. The van der Waals surface area contributed by atoms with Crippen LogP contribution in [0.3, 0.4) is 0 Å². The number of hydrogen-bond donors (Lipinski definition) is 1. The van der Waals surface area contributed by atoms with Crippen LogP contribution in [0.5, 0.6) is 0 Å². The molecule has 2 aromatic rings. The maximum atomic E-state index is 10.8. The molecule has 0 heterocycles. The molecule has 1 aliphatic carbocycles. The van der Waals surface area contributed by atoms with E-state index in [0.717, 1.165) is 0 Å². The summed E-state index contributed by atoms with van der Waals surface area (Å²) in [6.45, 7) is 1.03. The number of rotatable bonds is 5. The van der Waals surface area contributed by atoms with Crippen LogP contribution in [0.1, 0.15) is 23.5 Å². The van der Waals surface area contributed by atoms with E-state index in [1.54, 1.807) is 0 Å². The highest BCUT2D eigenvalue weighted by Crippen LogP contribution is 2.47. The Balaban J connectivity index is 2.12. The van der Waals surface area contributed by atoms with Gasteiger partial charge in [-0.15, -0.1) is 0 Å².